The molecule has 1 saturated heterocycles. The summed E-state index contributed by atoms with van der Waals surface area (Å²) in [5, 5.41) is 0. The summed E-state index contributed by atoms with van der Waals surface area (Å²) in [5.41, 5.74) is -0.589. The molecule has 96 valence electrons. The molecule has 0 spiro atoms. The molecule has 0 N–H and O–H groups in total. The van der Waals surface area contributed by atoms with Gasteiger partial charge < -0.3 is 9.31 Å². The molecule has 0 unspecified atom stereocenters. The highest BCUT2D eigenvalue weighted by Gasteiger charge is 2.52. The van der Waals surface area contributed by atoms with Gasteiger partial charge in [0.05, 0.1) is 11.2 Å². The Kier molecular flexibility index (Phi) is 3.07. The Bertz CT molecular complexity index is 469. The standard InChI is InChI=1S/C13H16BFO3/c1-12(2)13(3,4)18-14(17-12)10-6-5-7-11(15)9(10)8-16/h5-8H,1-4H3. The van der Waals surface area contributed by atoms with Crippen LogP contribution in [0.1, 0.15) is 38.1 Å². The van der Waals surface area contributed by atoms with Gasteiger partial charge in [0.2, 0.25) is 0 Å². The van der Waals surface area contributed by atoms with Crippen molar-refractivity contribution in [3.63, 3.8) is 0 Å². The maximum Gasteiger partial charge on any atom is 0.495 e. The topological polar surface area (TPSA) is 35.5 Å². The zero-order valence-corrected chi connectivity index (χ0v) is 11.0. The Morgan fingerprint density at radius 3 is 2.22 bits per heavy atom. The Balaban J connectivity index is 2.41. The van der Waals surface area contributed by atoms with E-state index in [4.69, 9.17) is 9.31 Å². The highest BCUT2D eigenvalue weighted by Crippen LogP contribution is 2.36. The summed E-state index contributed by atoms with van der Waals surface area (Å²) < 4.78 is 25.1. The van der Waals surface area contributed by atoms with Crippen molar-refractivity contribution in [2.75, 3.05) is 0 Å². The summed E-state index contributed by atoms with van der Waals surface area (Å²) in [6.07, 6.45) is 0.496. The van der Waals surface area contributed by atoms with Gasteiger partial charge in [0.15, 0.2) is 6.29 Å². The van der Waals surface area contributed by atoms with Crippen molar-refractivity contribution in [3.8, 4) is 0 Å². The Morgan fingerprint density at radius 1 is 1.17 bits per heavy atom. The van der Waals surface area contributed by atoms with Crippen LogP contribution in [0.5, 0.6) is 0 Å². The van der Waals surface area contributed by atoms with Crippen molar-refractivity contribution >= 4 is 18.9 Å². The van der Waals surface area contributed by atoms with E-state index in [1.54, 1.807) is 12.1 Å². The van der Waals surface area contributed by atoms with Gasteiger partial charge in [-0.15, -0.1) is 0 Å². The zero-order valence-electron chi connectivity index (χ0n) is 11.0. The largest absolute Gasteiger partial charge is 0.495 e. The maximum absolute atomic E-state index is 13.5. The zero-order chi connectivity index (χ0) is 13.6. The smallest absolute Gasteiger partial charge is 0.399 e. The lowest BCUT2D eigenvalue weighted by Crippen LogP contribution is -2.41. The molecular weight excluding hydrogens is 234 g/mol. The van der Waals surface area contributed by atoms with E-state index in [1.165, 1.54) is 6.07 Å². The van der Waals surface area contributed by atoms with Crippen molar-refractivity contribution < 1.29 is 18.5 Å². The fourth-order valence-electron chi connectivity index (χ4n) is 1.85. The van der Waals surface area contributed by atoms with Crippen LogP contribution in [0.15, 0.2) is 18.2 Å². The summed E-state index contributed by atoms with van der Waals surface area (Å²) >= 11 is 0. The number of hydrogen-bond acceptors (Lipinski definition) is 3. The lowest BCUT2D eigenvalue weighted by molar-refractivity contribution is 0.00578. The molecular formula is C13H16BFO3. The Morgan fingerprint density at radius 2 is 1.72 bits per heavy atom. The summed E-state index contributed by atoms with van der Waals surface area (Å²) in [5.74, 6) is -0.558. The van der Waals surface area contributed by atoms with Crippen LogP contribution in [0.2, 0.25) is 0 Å². The molecule has 2 rings (SSSR count). The van der Waals surface area contributed by atoms with Crippen LogP contribution in [-0.4, -0.2) is 24.6 Å². The third-order valence-electron chi connectivity index (χ3n) is 3.71. The Labute approximate surface area is 106 Å². The van der Waals surface area contributed by atoms with Gasteiger partial charge in [-0.2, -0.15) is 0 Å². The first-order valence-corrected chi connectivity index (χ1v) is 5.88. The van der Waals surface area contributed by atoms with Crippen LogP contribution < -0.4 is 5.46 Å². The molecule has 0 aromatic heterocycles. The lowest BCUT2D eigenvalue weighted by Gasteiger charge is -2.32. The molecule has 0 atom stereocenters. The molecule has 0 saturated carbocycles. The minimum absolute atomic E-state index is 0.00370. The molecule has 5 heteroatoms. The van der Waals surface area contributed by atoms with Crippen molar-refractivity contribution in [2.24, 2.45) is 0 Å². The molecule has 0 amide bonds. The fraction of sp³-hybridized carbons (Fsp3) is 0.462. The van der Waals surface area contributed by atoms with Gasteiger partial charge in [-0.25, -0.2) is 4.39 Å². The number of carbonyl (C=O) groups excluding carboxylic acids is 1. The molecule has 1 aromatic rings. The minimum Gasteiger partial charge on any atom is -0.399 e. The van der Waals surface area contributed by atoms with Crippen LogP contribution >= 0.6 is 0 Å². The van der Waals surface area contributed by atoms with E-state index in [0.717, 1.165) is 0 Å². The molecule has 1 aliphatic heterocycles. The van der Waals surface area contributed by atoms with Crippen LogP contribution in [0.3, 0.4) is 0 Å². The van der Waals surface area contributed by atoms with E-state index >= 15 is 0 Å². The van der Waals surface area contributed by atoms with Gasteiger partial charge in [0.1, 0.15) is 5.82 Å². The lowest BCUT2D eigenvalue weighted by atomic mass is 9.76. The molecule has 1 aliphatic rings. The van der Waals surface area contributed by atoms with Gasteiger partial charge in [0.25, 0.3) is 0 Å². The molecule has 0 bridgehead atoms. The number of carbonyl (C=O) groups is 1. The fourth-order valence-corrected chi connectivity index (χ4v) is 1.85. The van der Waals surface area contributed by atoms with Crippen molar-refractivity contribution in [1.29, 1.82) is 0 Å². The van der Waals surface area contributed by atoms with Gasteiger partial charge in [-0.1, -0.05) is 12.1 Å². The number of hydrogen-bond donors (Lipinski definition) is 0. The van der Waals surface area contributed by atoms with E-state index < -0.39 is 24.1 Å². The predicted octanol–water partition coefficient (Wildman–Crippen LogP) is 1.94. The molecule has 1 fully saturated rings. The van der Waals surface area contributed by atoms with Crippen molar-refractivity contribution in [1.82, 2.24) is 0 Å². The second-order valence-electron chi connectivity index (χ2n) is 5.45. The first-order valence-electron chi connectivity index (χ1n) is 5.88. The normalized spacial score (nSPS) is 21.1. The monoisotopic (exact) mass is 250 g/mol. The van der Waals surface area contributed by atoms with Crippen LogP contribution in [0.25, 0.3) is 0 Å². The number of benzene rings is 1. The highest BCUT2D eigenvalue weighted by atomic mass is 19.1. The van der Waals surface area contributed by atoms with E-state index in [9.17, 15) is 9.18 Å². The quantitative estimate of drug-likeness (QED) is 0.594. The molecule has 1 aromatic carbocycles. The first kappa shape index (κ1) is 13.2. The number of aldehydes is 1. The van der Waals surface area contributed by atoms with Crippen LogP contribution in [-0.2, 0) is 9.31 Å². The SMILES string of the molecule is CC1(C)OB(c2cccc(F)c2C=O)OC1(C)C. The second kappa shape index (κ2) is 4.18. The predicted molar refractivity (Wildman–Crippen MR) is 67.5 cm³/mol. The average Bonchev–Trinajstić information content (AvgIpc) is 2.47. The number of halogens is 1. The average molecular weight is 250 g/mol. The minimum atomic E-state index is -0.717. The Hall–Kier alpha value is -1.20. The summed E-state index contributed by atoms with van der Waals surface area (Å²) in [7, 11) is -0.717. The first-order chi connectivity index (χ1) is 8.28. The van der Waals surface area contributed by atoms with Crippen LogP contribution in [0.4, 0.5) is 4.39 Å². The molecule has 0 aliphatic carbocycles. The van der Waals surface area contributed by atoms with Gasteiger partial charge in [0, 0.05) is 5.56 Å². The molecule has 3 nitrogen and oxygen atoms in total. The molecule has 1 heterocycles. The third kappa shape index (κ3) is 1.97. The van der Waals surface area contributed by atoms with E-state index in [1.807, 2.05) is 27.7 Å². The second-order valence-corrected chi connectivity index (χ2v) is 5.45. The van der Waals surface area contributed by atoms with Crippen LogP contribution in [0, 0.1) is 5.82 Å². The summed E-state index contributed by atoms with van der Waals surface area (Å²) in [6, 6.07) is 4.44. The number of rotatable bonds is 2. The van der Waals surface area contributed by atoms with E-state index in [-0.39, 0.29) is 5.56 Å². The van der Waals surface area contributed by atoms with E-state index in [0.29, 0.717) is 11.7 Å². The molecule has 18 heavy (non-hydrogen) atoms. The summed E-state index contributed by atoms with van der Waals surface area (Å²) in [4.78, 5) is 11.0. The van der Waals surface area contributed by atoms with Gasteiger partial charge in [-0.3, -0.25) is 4.79 Å². The van der Waals surface area contributed by atoms with E-state index in [2.05, 4.69) is 0 Å². The van der Waals surface area contributed by atoms with Gasteiger partial charge in [-0.05, 0) is 39.2 Å². The third-order valence-corrected chi connectivity index (χ3v) is 3.71. The highest BCUT2D eigenvalue weighted by molar-refractivity contribution is 6.63. The van der Waals surface area contributed by atoms with Crippen molar-refractivity contribution in [2.45, 2.75) is 38.9 Å². The molecule has 0 radical (unpaired) electrons. The summed E-state index contributed by atoms with van der Waals surface area (Å²) in [6.45, 7) is 7.64. The van der Waals surface area contributed by atoms with Crippen molar-refractivity contribution in [3.05, 3.63) is 29.6 Å². The maximum atomic E-state index is 13.5. The van der Waals surface area contributed by atoms with Gasteiger partial charge >= 0.3 is 7.12 Å².